The van der Waals surface area contributed by atoms with Crippen molar-refractivity contribution in [2.24, 2.45) is 17.1 Å². The van der Waals surface area contributed by atoms with E-state index in [0.29, 0.717) is 0 Å². The number of nitrogens with one attached hydrogen (secondary N) is 2. The molecule has 0 bridgehead atoms. The number of amides is 3. The van der Waals surface area contributed by atoms with Gasteiger partial charge in [-0.3, -0.25) is 14.4 Å². The van der Waals surface area contributed by atoms with Gasteiger partial charge in [0.25, 0.3) is 0 Å². The van der Waals surface area contributed by atoms with Crippen LogP contribution in [-0.4, -0.2) is 41.0 Å². The molecular formula is C16H29N3O4. The smallest absolute Gasteiger partial charge is 0.245 e. The Balaban J connectivity index is 2.77. The molecule has 0 radical (unpaired) electrons. The maximum atomic E-state index is 12.4. The van der Waals surface area contributed by atoms with Gasteiger partial charge in [-0.1, -0.05) is 33.6 Å². The minimum absolute atomic E-state index is 0.112. The van der Waals surface area contributed by atoms with E-state index in [2.05, 4.69) is 10.6 Å². The average Bonchev–Trinajstić information content (AvgIpc) is 2.93. The summed E-state index contributed by atoms with van der Waals surface area (Å²) < 4.78 is 0. The molecule has 132 valence electrons. The van der Waals surface area contributed by atoms with Crippen LogP contribution in [0.5, 0.6) is 0 Å². The van der Waals surface area contributed by atoms with Gasteiger partial charge in [-0.2, -0.15) is 0 Å². The van der Waals surface area contributed by atoms with E-state index in [1.54, 1.807) is 20.8 Å². The number of primary amides is 1. The van der Waals surface area contributed by atoms with Crippen molar-refractivity contribution in [3.8, 4) is 0 Å². The quantitative estimate of drug-likeness (QED) is 0.551. The van der Waals surface area contributed by atoms with E-state index in [1.807, 2.05) is 0 Å². The van der Waals surface area contributed by atoms with Gasteiger partial charge < -0.3 is 21.5 Å². The zero-order valence-electron chi connectivity index (χ0n) is 14.4. The minimum atomic E-state index is -1.10. The Bertz CT molecular complexity index is 451. The van der Waals surface area contributed by atoms with Crippen LogP contribution < -0.4 is 16.4 Å². The van der Waals surface area contributed by atoms with Gasteiger partial charge in [0.2, 0.25) is 17.7 Å². The third kappa shape index (κ3) is 5.49. The van der Waals surface area contributed by atoms with Crippen LogP contribution in [0.3, 0.4) is 0 Å². The summed E-state index contributed by atoms with van der Waals surface area (Å²) in [5.41, 5.74) is 4.78. The molecule has 0 aromatic heterocycles. The number of hydrogen-bond donors (Lipinski definition) is 4. The highest BCUT2D eigenvalue weighted by Crippen LogP contribution is 2.25. The summed E-state index contributed by atoms with van der Waals surface area (Å²) in [5, 5.41) is 15.0. The Morgan fingerprint density at radius 1 is 1.13 bits per heavy atom. The van der Waals surface area contributed by atoms with Crippen molar-refractivity contribution >= 4 is 17.7 Å². The molecule has 7 nitrogen and oxygen atoms in total. The van der Waals surface area contributed by atoms with E-state index in [9.17, 15) is 19.5 Å². The maximum absolute atomic E-state index is 12.4. The van der Waals surface area contributed by atoms with Gasteiger partial charge in [-0.05, 0) is 25.2 Å². The predicted octanol–water partition coefficient (Wildman–Crippen LogP) is 0.0584. The molecule has 1 aliphatic rings. The number of aliphatic hydroxyl groups excluding tert-OH is 1. The second-order valence-electron chi connectivity index (χ2n) is 7.42. The van der Waals surface area contributed by atoms with E-state index in [4.69, 9.17) is 5.73 Å². The van der Waals surface area contributed by atoms with Crippen molar-refractivity contribution in [1.82, 2.24) is 10.6 Å². The van der Waals surface area contributed by atoms with E-state index in [1.165, 1.54) is 6.92 Å². The predicted molar refractivity (Wildman–Crippen MR) is 86.1 cm³/mol. The first-order chi connectivity index (χ1) is 10.5. The topological polar surface area (TPSA) is 122 Å². The lowest BCUT2D eigenvalue weighted by Crippen LogP contribution is -2.60. The first-order valence-corrected chi connectivity index (χ1v) is 8.12. The van der Waals surface area contributed by atoms with Crippen molar-refractivity contribution in [2.75, 3.05) is 0 Å². The average molecular weight is 327 g/mol. The van der Waals surface area contributed by atoms with Crippen LogP contribution in [-0.2, 0) is 14.4 Å². The van der Waals surface area contributed by atoms with Gasteiger partial charge in [0.05, 0.1) is 6.10 Å². The largest absolute Gasteiger partial charge is 0.391 e. The lowest BCUT2D eigenvalue weighted by atomic mass is 9.86. The molecule has 0 aliphatic heterocycles. The van der Waals surface area contributed by atoms with E-state index in [0.717, 1.165) is 25.7 Å². The normalized spacial score (nSPS) is 19.7. The summed E-state index contributed by atoms with van der Waals surface area (Å²) in [4.78, 5) is 36.2. The fourth-order valence-electron chi connectivity index (χ4n) is 2.81. The number of carbonyl (C=O) groups is 3. The zero-order valence-corrected chi connectivity index (χ0v) is 14.4. The number of hydrogen-bond acceptors (Lipinski definition) is 4. The number of aliphatic hydroxyl groups is 1. The van der Waals surface area contributed by atoms with Crippen molar-refractivity contribution in [3.63, 3.8) is 0 Å². The van der Waals surface area contributed by atoms with Gasteiger partial charge in [-0.15, -0.1) is 0 Å². The Labute approximate surface area is 137 Å². The zero-order chi connectivity index (χ0) is 17.8. The molecule has 1 saturated carbocycles. The molecule has 23 heavy (non-hydrogen) atoms. The van der Waals surface area contributed by atoms with Gasteiger partial charge in [0.1, 0.15) is 12.1 Å². The molecule has 0 heterocycles. The minimum Gasteiger partial charge on any atom is -0.391 e. The first kappa shape index (κ1) is 19.4. The van der Waals surface area contributed by atoms with Crippen molar-refractivity contribution in [1.29, 1.82) is 0 Å². The van der Waals surface area contributed by atoms with Gasteiger partial charge in [0, 0.05) is 5.92 Å². The summed E-state index contributed by atoms with van der Waals surface area (Å²) in [6.07, 6.45) is 2.51. The highest BCUT2D eigenvalue weighted by molar-refractivity contribution is 5.92. The third-order valence-electron chi connectivity index (χ3n) is 4.23. The lowest BCUT2D eigenvalue weighted by Gasteiger charge is -2.31. The highest BCUT2D eigenvalue weighted by Gasteiger charge is 2.35. The van der Waals surface area contributed by atoms with Crippen LogP contribution in [0.15, 0.2) is 0 Å². The van der Waals surface area contributed by atoms with Gasteiger partial charge >= 0.3 is 0 Å². The lowest BCUT2D eigenvalue weighted by molar-refractivity contribution is -0.136. The molecule has 5 N–H and O–H groups in total. The van der Waals surface area contributed by atoms with Crippen LogP contribution in [0, 0.1) is 11.3 Å². The molecule has 0 aromatic carbocycles. The second kappa shape index (κ2) is 7.77. The molecule has 0 aromatic rings. The van der Waals surface area contributed by atoms with Crippen molar-refractivity contribution < 1.29 is 19.5 Å². The Morgan fingerprint density at radius 3 is 2.04 bits per heavy atom. The summed E-state index contributed by atoms with van der Waals surface area (Å²) in [6.45, 7) is 6.75. The number of carbonyl (C=O) groups excluding carboxylic acids is 3. The summed E-state index contributed by atoms with van der Waals surface area (Å²) in [7, 11) is 0. The molecule has 1 rings (SSSR count). The highest BCUT2D eigenvalue weighted by atomic mass is 16.3. The van der Waals surface area contributed by atoms with Gasteiger partial charge in [-0.25, -0.2) is 0 Å². The molecular weight excluding hydrogens is 298 g/mol. The molecule has 3 atom stereocenters. The standard InChI is InChI=1S/C16H29N3O4/c1-9(20)11(18-14(22)10-7-5-6-8-10)15(23)19-12(13(17)21)16(2,3)4/h9-12,20H,5-8H2,1-4H3,(H2,17,21)(H,18,22)(H,19,23)/t9?,11?,12-/m1/s1. The fourth-order valence-corrected chi connectivity index (χ4v) is 2.81. The van der Waals surface area contributed by atoms with E-state index >= 15 is 0 Å². The van der Waals surface area contributed by atoms with Crippen molar-refractivity contribution in [3.05, 3.63) is 0 Å². The monoisotopic (exact) mass is 327 g/mol. The Hall–Kier alpha value is -1.63. The maximum Gasteiger partial charge on any atom is 0.245 e. The molecule has 7 heteroatoms. The Kier molecular flexibility index (Phi) is 6.56. The summed E-state index contributed by atoms with van der Waals surface area (Å²) >= 11 is 0. The second-order valence-corrected chi connectivity index (χ2v) is 7.42. The summed E-state index contributed by atoms with van der Waals surface area (Å²) in [6, 6.07) is -1.99. The van der Waals surface area contributed by atoms with Crippen molar-refractivity contribution in [2.45, 2.75) is 71.6 Å². The van der Waals surface area contributed by atoms with Gasteiger partial charge in [0.15, 0.2) is 0 Å². The molecule has 1 fully saturated rings. The van der Waals surface area contributed by atoms with E-state index < -0.39 is 35.4 Å². The number of nitrogens with two attached hydrogens (primary N) is 1. The molecule has 2 unspecified atom stereocenters. The first-order valence-electron chi connectivity index (χ1n) is 8.12. The van der Waals surface area contributed by atoms with E-state index in [-0.39, 0.29) is 11.8 Å². The molecule has 0 spiro atoms. The Morgan fingerprint density at radius 2 is 1.65 bits per heavy atom. The molecule has 1 aliphatic carbocycles. The molecule has 3 amide bonds. The van der Waals surface area contributed by atoms with Crippen LogP contribution >= 0.6 is 0 Å². The van der Waals surface area contributed by atoms with Crippen LogP contribution in [0.2, 0.25) is 0 Å². The third-order valence-corrected chi connectivity index (χ3v) is 4.23. The number of rotatable bonds is 6. The SMILES string of the molecule is CC(O)C(NC(=O)C1CCCC1)C(=O)N[C@H](C(N)=O)C(C)(C)C. The summed E-state index contributed by atoms with van der Waals surface area (Å²) in [5.74, 6) is -1.60. The van der Waals surface area contributed by atoms with Crippen LogP contribution in [0.4, 0.5) is 0 Å². The van der Waals surface area contributed by atoms with Crippen LogP contribution in [0.1, 0.15) is 53.4 Å². The van der Waals surface area contributed by atoms with Crippen LogP contribution in [0.25, 0.3) is 0 Å². The fraction of sp³-hybridized carbons (Fsp3) is 0.812. The molecule has 0 saturated heterocycles.